The van der Waals surface area contributed by atoms with Crippen LogP contribution in [0.25, 0.3) is 0 Å². The Hall–Kier alpha value is -2.11. The second kappa shape index (κ2) is 8.13. The number of ether oxygens (including phenoxy) is 1. The van der Waals surface area contributed by atoms with Crippen molar-refractivity contribution >= 4 is 35.1 Å². The molecule has 4 nitrogen and oxygen atoms in total. The van der Waals surface area contributed by atoms with Crippen LogP contribution < -0.4 is 5.32 Å². The van der Waals surface area contributed by atoms with Crippen LogP contribution in [0.15, 0.2) is 42.5 Å². The topological polar surface area (TPSA) is 55.4 Å². The maximum atomic E-state index is 12.9. The van der Waals surface area contributed by atoms with Gasteiger partial charge in [-0.05, 0) is 42.8 Å². The molecule has 0 saturated heterocycles. The molecule has 0 unspecified atom stereocenters. The van der Waals surface area contributed by atoms with Gasteiger partial charge in [-0.25, -0.2) is 9.18 Å². The summed E-state index contributed by atoms with van der Waals surface area (Å²) in [5, 5.41) is 3.17. The number of esters is 1. The van der Waals surface area contributed by atoms with E-state index in [1.165, 1.54) is 30.3 Å². The minimum absolute atomic E-state index is 0.0866. The van der Waals surface area contributed by atoms with E-state index in [9.17, 15) is 14.0 Å². The Balaban J connectivity index is 1.89. The standard InChI is InChI=1S/C17H14Cl2FNO3/c1-10(11-2-5-13(20)6-3-11)21-16(22)9-24-17(23)14-8-12(18)4-7-15(14)19/h2-8,10H,9H2,1H3,(H,21,22)/t10-/m0/s1. The van der Waals surface area contributed by atoms with Crippen molar-refractivity contribution in [1.29, 1.82) is 0 Å². The number of rotatable bonds is 5. The first kappa shape index (κ1) is 18.2. The Morgan fingerprint density at radius 2 is 1.83 bits per heavy atom. The van der Waals surface area contributed by atoms with Crippen LogP contribution >= 0.6 is 23.2 Å². The zero-order valence-electron chi connectivity index (χ0n) is 12.7. The summed E-state index contributed by atoms with van der Waals surface area (Å²) in [7, 11) is 0. The first-order valence-corrected chi connectivity index (χ1v) is 7.79. The summed E-state index contributed by atoms with van der Waals surface area (Å²) in [4.78, 5) is 23.8. The lowest BCUT2D eigenvalue weighted by molar-refractivity contribution is -0.124. The van der Waals surface area contributed by atoms with E-state index in [1.807, 2.05) is 0 Å². The summed E-state index contributed by atoms with van der Waals surface area (Å²) < 4.78 is 17.8. The van der Waals surface area contributed by atoms with Crippen molar-refractivity contribution in [3.63, 3.8) is 0 Å². The van der Waals surface area contributed by atoms with E-state index in [4.69, 9.17) is 27.9 Å². The molecule has 0 fully saturated rings. The van der Waals surface area contributed by atoms with Crippen molar-refractivity contribution in [2.45, 2.75) is 13.0 Å². The van der Waals surface area contributed by atoms with Crippen LogP contribution in [-0.4, -0.2) is 18.5 Å². The van der Waals surface area contributed by atoms with E-state index in [-0.39, 0.29) is 22.4 Å². The number of amides is 1. The number of halogens is 3. The van der Waals surface area contributed by atoms with Crippen LogP contribution in [0.3, 0.4) is 0 Å². The van der Waals surface area contributed by atoms with Gasteiger partial charge in [0.2, 0.25) is 0 Å². The highest BCUT2D eigenvalue weighted by atomic mass is 35.5. The van der Waals surface area contributed by atoms with Gasteiger partial charge >= 0.3 is 5.97 Å². The van der Waals surface area contributed by atoms with E-state index in [0.717, 1.165) is 5.56 Å². The average molecular weight is 370 g/mol. The fourth-order valence-corrected chi connectivity index (χ4v) is 2.35. The lowest BCUT2D eigenvalue weighted by Crippen LogP contribution is -2.31. The number of carbonyl (C=O) groups is 2. The largest absolute Gasteiger partial charge is 0.452 e. The predicted octanol–water partition coefficient (Wildman–Crippen LogP) is 4.17. The molecule has 7 heteroatoms. The fourth-order valence-electron chi connectivity index (χ4n) is 1.98. The molecule has 0 aromatic heterocycles. The first-order valence-electron chi connectivity index (χ1n) is 7.04. The molecule has 0 aliphatic rings. The Bertz CT molecular complexity index is 750. The van der Waals surface area contributed by atoms with Gasteiger partial charge in [-0.3, -0.25) is 4.79 Å². The third kappa shape index (κ3) is 4.94. The van der Waals surface area contributed by atoms with E-state index >= 15 is 0 Å². The Labute approximate surface area is 148 Å². The predicted molar refractivity (Wildman–Crippen MR) is 89.7 cm³/mol. The zero-order chi connectivity index (χ0) is 17.7. The van der Waals surface area contributed by atoms with Crippen molar-refractivity contribution in [3.8, 4) is 0 Å². The molecule has 1 N–H and O–H groups in total. The third-order valence-corrected chi connectivity index (χ3v) is 3.79. The highest BCUT2D eigenvalue weighted by Crippen LogP contribution is 2.21. The highest BCUT2D eigenvalue weighted by Gasteiger charge is 2.16. The number of hydrogen-bond acceptors (Lipinski definition) is 3. The van der Waals surface area contributed by atoms with Gasteiger partial charge in [0.25, 0.3) is 5.91 Å². The van der Waals surface area contributed by atoms with Gasteiger partial charge < -0.3 is 10.1 Å². The SMILES string of the molecule is C[C@H](NC(=O)COC(=O)c1cc(Cl)ccc1Cl)c1ccc(F)cc1. The molecule has 1 atom stereocenters. The Morgan fingerprint density at radius 1 is 1.17 bits per heavy atom. The molecule has 2 aromatic rings. The lowest BCUT2D eigenvalue weighted by atomic mass is 10.1. The Morgan fingerprint density at radius 3 is 2.50 bits per heavy atom. The molecule has 0 saturated carbocycles. The summed E-state index contributed by atoms with van der Waals surface area (Å²) in [5.41, 5.74) is 0.817. The molecule has 0 spiro atoms. The molecule has 1 amide bonds. The van der Waals surface area contributed by atoms with Crippen LogP contribution in [0.1, 0.15) is 28.9 Å². The molecule has 2 rings (SSSR count). The van der Waals surface area contributed by atoms with Crippen LogP contribution in [0.4, 0.5) is 4.39 Å². The lowest BCUT2D eigenvalue weighted by Gasteiger charge is -2.14. The van der Waals surface area contributed by atoms with Crippen molar-refractivity contribution in [1.82, 2.24) is 5.32 Å². The number of benzene rings is 2. The number of nitrogens with one attached hydrogen (secondary N) is 1. The molecule has 0 aliphatic heterocycles. The van der Waals surface area contributed by atoms with Crippen molar-refractivity contribution < 1.29 is 18.7 Å². The van der Waals surface area contributed by atoms with Gasteiger partial charge in [0.1, 0.15) is 5.82 Å². The summed E-state index contributed by atoms with van der Waals surface area (Å²) in [6, 6.07) is 9.76. The summed E-state index contributed by atoms with van der Waals surface area (Å²) >= 11 is 11.7. The van der Waals surface area contributed by atoms with Gasteiger partial charge in [0, 0.05) is 5.02 Å². The Kier molecular flexibility index (Phi) is 6.17. The second-order valence-corrected chi connectivity index (χ2v) is 5.88. The van der Waals surface area contributed by atoms with E-state index in [0.29, 0.717) is 5.02 Å². The van der Waals surface area contributed by atoms with Gasteiger partial charge in [-0.1, -0.05) is 35.3 Å². The molecule has 24 heavy (non-hydrogen) atoms. The van der Waals surface area contributed by atoms with Gasteiger partial charge in [0.15, 0.2) is 6.61 Å². The molecule has 0 heterocycles. The van der Waals surface area contributed by atoms with Crippen LogP contribution in [0, 0.1) is 5.82 Å². The van der Waals surface area contributed by atoms with Gasteiger partial charge in [0.05, 0.1) is 16.6 Å². The van der Waals surface area contributed by atoms with Crippen molar-refractivity contribution in [3.05, 3.63) is 69.5 Å². The molecule has 0 bridgehead atoms. The van der Waals surface area contributed by atoms with Crippen LogP contribution in [0.2, 0.25) is 10.0 Å². The third-order valence-electron chi connectivity index (χ3n) is 3.23. The van der Waals surface area contributed by atoms with E-state index in [1.54, 1.807) is 19.1 Å². The maximum absolute atomic E-state index is 12.9. The van der Waals surface area contributed by atoms with Crippen molar-refractivity contribution in [2.24, 2.45) is 0 Å². The van der Waals surface area contributed by atoms with Gasteiger partial charge in [-0.15, -0.1) is 0 Å². The monoisotopic (exact) mass is 369 g/mol. The van der Waals surface area contributed by atoms with Gasteiger partial charge in [-0.2, -0.15) is 0 Å². The molecule has 2 aromatic carbocycles. The van der Waals surface area contributed by atoms with E-state index < -0.39 is 18.5 Å². The molecule has 0 radical (unpaired) electrons. The fraction of sp³-hybridized carbons (Fsp3) is 0.176. The summed E-state index contributed by atoms with van der Waals surface area (Å²) in [5.74, 6) is -1.59. The molecular weight excluding hydrogens is 356 g/mol. The van der Waals surface area contributed by atoms with E-state index in [2.05, 4.69) is 5.32 Å². The van der Waals surface area contributed by atoms with Crippen LogP contribution in [-0.2, 0) is 9.53 Å². The zero-order valence-corrected chi connectivity index (χ0v) is 14.2. The second-order valence-electron chi connectivity index (χ2n) is 5.04. The smallest absolute Gasteiger partial charge is 0.340 e. The quantitative estimate of drug-likeness (QED) is 0.804. The molecule has 0 aliphatic carbocycles. The minimum Gasteiger partial charge on any atom is -0.452 e. The average Bonchev–Trinajstić information content (AvgIpc) is 2.55. The first-order chi connectivity index (χ1) is 11.4. The summed E-state index contributed by atoms with van der Waals surface area (Å²) in [6.07, 6.45) is 0. The highest BCUT2D eigenvalue weighted by molar-refractivity contribution is 6.35. The number of hydrogen-bond donors (Lipinski definition) is 1. The molecular formula is C17H14Cl2FNO3. The summed E-state index contributed by atoms with van der Waals surface area (Å²) in [6.45, 7) is 1.27. The minimum atomic E-state index is -0.743. The normalized spacial score (nSPS) is 11.7. The maximum Gasteiger partial charge on any atom is 0.340 e. The van der Waals surface area contributed by atoms with Crippen molar-refractivity contribution in [2.75, 3.05) is 6.61 Å². The molecule has 126 valence electrons. The van der Waals surface area contributed by atoms with Crippen LogP contribution in [0.5, 0.6) is 0 Å². The number of carbonyl (C=O) groups excluding carboxylic acids is 2.